The molecule has 0 saturated heterocycles. The fraction of sp³-hybridized carbons (Fsp3) is 0.214. The third kappa shape index (κ3) is 3.84. The molecule has 2 aromatic rings. The second kappa shape index (κ2) is 6.56. The van der Waals surface area contributed by atoms with Crippen molar-refractivity contribution in [2.75, 3.05) is 5.75 Å². The molecule has 0 aliphatic heterocycles. The summed E-state index contributed by atoms with van der Waals surface area (Å²) >= 11 is 1.14. The number of rotatable bonds is 5. The van der Waals surface area contributed by atoms with Gasteiger partial charge in [-0.15, -0.1) is 11.8 Å². The van der Waals surface area contributed by atoms with Crippen molar-refractivity contribution in [2.45, 2.75) is 17.9 Å². The zero-order valence-electron chi connectivity index (χ0n) is 10.7. The number of nitrogens with one attached hydrogen (secondary N) is 1. The molecule has 1 heterocycles. The van der Waals surface area contributed by atoms with E-state index in [0.717, 1.165) is 23.9 Å². The lowest BCUT2D eigenvalue weighted by Gasteiger charge is -2.11. The SMILES string of the molecule is C[C@@H](NC(=O)CSc1ccc(F)c(F)c1)c1ccco1. The molecule has 0 fully saturated rings. The molecule has 1 atom stereocenters. The number of hydrogen-bond donors (Lipinski definition) is 1. The van der Waals surface area contributed by atoms with E-state index < -0.39 is 11.6 Å². The maximum atomic E-state index is 13.0. The largest absolute Gasteiger partial charge is 0.467 e. The van der Waals surface area contributed by atoms with Crippen LogP contribution in [-0.4, -0.2) is 11.7 Å². The van der Waals surface area contributed by atoms with Crippen LogP contribution in [0.4, 0.5) is 8.78 Å². The first-order valence-corrected chi connectivity index (χ1v) is 6.95. The van der Waals surface area contributed by atoms with Crippen molar-refractivity contribution in [3.05, 3.63) is 54.0 Å². The molecule has 0 unspecified atom stereocenters. The van der Waals surface area contributed by atoms with Crippen molar-refractivity contribution in [1.82, 2.24) is 5.32 Å². The van der Waals surface area contributed by atoms with Crippen LogP contribution in [0.2, 0.25) is 0 Å². The molecule has 2 rings (SSSR count). The number of hydrogen-bond acceptors (Lipinski definition) is 3. The Hall–Kier alpha value is -1.82. The third-order valence-electron chi connectivity index (χ3n) is 2.61. The summed E-state index contributed by atoms with van der Waals surface area (Å²) in [7, 11) is 0. The fourth-order valence-electron chi connectivity index (χ4n) is 1.61. The van der Waals surface area contributed by atoms with Crippen molar-refractivity contribution in [1.29, 1.82) is 0 Å². The molecule has 1 amide bonds. The predicted molar refractivity (Wildman–Crippen MR) is 72.3 cm³/mol. The Morgan fingerprint density at radius 1 is 1.35 bits per heavy atom. The molecule has 1 aromatic heterocycles. The van der Waals surface area contributed by atoms with Gasteiger partial charge in [0.25, 0.3) is 0 Å². The molecule has 1 aromatic carbocycles. The molecule has 106 valence electrons. The molecule has 1 N–H and O–H groups in total. The first-order valence-electron chi connectivity index (χ1n) is 5.97. The Morgan fingerprint density at radius 3 is 2.80 bits per heavy atom. The minimum atomic E-state index is -0.917. The maximum Gasteiger partial charge on any atom is 0.230 e. The van der Waals surface area contributed by atoms with Crippen molar-refractivity contribution < 1.29 is 18.0 Å². The van der Waals surface area contributed by atoms with Gasteiger partial charge in [-0.2, -0.15) is 0 Å². The molecular weight excluding hydrogens is 284 g/mol. The minimum Gasteiger partial charge on any atom is -0.467 e. The summed E-state index contributed by atoms with van der Waals surface area (Å²) in [4.78, 5) is 12.2. The van der Waals surface area contributed by atoms with Crippen molar-refractivity contribution in [3.8, 4) is 0 Å². The number of thioether (sulfide) groups is 1. The van der Waals surface area contributed by atoms with Crippen LogP contribution in [0.1, 0.15) is 18.7 Å². The lowest BCUT2D eigenvalue weighted by molar-refractivity contribution is -0.119. The van der Waals surface area contributed by atoms with E-state index in [0.29, 0.717) is 10.7 Å². The van der Waals surface area contributed by atoms with Crippen molar-refractivity contribution in [2.24, 2.45) is 0 Å². The summed E-state index contributed by atoms with van der Waals surface area (Å²) in [5.74, 6) is -1.24. The lowest BCUT2D eigenvalue weighted by atomic mass is 10.2. The molecule has 20 heavy (non-hydrogen) atoms. The van der Waals surface area contributed by atoms with Gasteiger partial charge in [-0.1, -0.05) is 0 Å². The molecular formula is C14H13F2NO2S. The van der Waals surface area contributed by atoms with Gasteiger partial charge in [0.05, 0.1) is 18.1 Å². The van der Waals surface area contributed by atoms with E-state index in [-0.39, 0.29) is 17.7 Å². The Kier molecular flexibility index (Phi) is 4.79. The number of furan rings is 1. The summed E-state index contributed by atoms with van der Waals surface area (Å²) in [6.45, 7) is 1.80. The van der Waals surface area contributed by atoms with Gasteiger partial charge in [-0.25, -0.2) is 8.78 Å². The van der Waals surface area contributed by atoms with Crippen LogP contribution in [-0.2, 0) is 4.79 Å². The van der Waals surface area contributed by atoms with Gasteiger partial charge in [0, 0.05) is 4.90 Å². The second-order valence-corrected chi connectivity index (χ2v) is 5.22. The molecule has 0 spiro atoms. The number of carbonyl (C=O) groups excluding carboxylic acids is 1. The smallest absolute Gasteiger partial charge is 0.230 e. The first-order chi connectivity index (χ1) is 9.56. The zero-order chi connectivity index (χ0) is 14.5. The maximum absolute atomic E-state index is 13.0. The van der Waals surface area contributed by atoms with Gasteiger partial charge in [-0.3, -0.25) is 4.79 Å². The normalized spacial score (nSPS) is 12.2. The van der Waals surface area contributed by atoms with Gasteiger partial charge in [0.1, 0.15) is 5.76 Å². The third-order valence-corrected chi connectivity index (χ3v) is 3.60. The van der Waals surface area contributed by atoms with Gasteiger partial charge >= 0.3 is 0 Å². The van der Waals surface area contributed by atoms with E-state index in [9.17, 15) is 13.6 Å². The highest BCUT2D eigenvalue weighted by molar-refractivity contribution is 8.00. The Labute approximate surface area is 119 Å². The first kappa shape index (κ1) is 14.6. The number of carbonyl (C=O) groups is 1. The van der Waals surface area contributed by atoms with Crippen molar-refractivity contribution >= 4 is 17.7 Å². The average Bonchev–Trinajstić information content (AvgIpc) is 2.94. The number of amides is 1. The molecule has 0 aliphatic carbocycles. The van der Waals surface area contributed by atoms with Gasteiger partial charge in [0.2, 0.25) is 5.91 Å². The van der Waals surface area contributed by atoms with Crippen LogP contribution in [0, 0.1) is 11.6 Å². The van der Waals surface area contributed by atoms with E-state index in [1.165, 1.54) is 12.3 Å². The summed E-state index contributed by atoms with van der Waals surface area (Å²) in [6.07, 6.45) is 1.54. The summed E-state index contributed by atoms with van der Waals surface area (Å²) < 4.78 is 30.9. The zero-order valence-corrected chi connectivity index (χ0v) is 11.5. The quantitative estimate of drug-likeness (QED) is 0.859. The van der Waals surface area contributed by atoms with Crippen LogP contribution in [0.15, 0.2) is 45.9 Å². The Balaban J connectivity index is 1.84. The Bertz CT molecular complexity index is 587. The van der Waals surface area contributed by atoms with E-state index in [4.69, 9.17) is 4.42 Å². The highest BCUT2D eigenvalue weighted by Crippen LogP contribution is 2.20. The molecule has 0 radical (unpaired) electrons. The molecule has 0 bridgehead atoms. The van der Waals surface area contributed by atoms with Gasteiger partial charge in [0.15, 0.2) is 11.6 Å². The van der Waals surface area contributed by atoms with Gasteiger partial charge < -0.3 is 9.73 Å². The lowest BCUT2D eigenvalue weighted by Crippen LogP contribution is -2.27. The van der Waals surface area contributed by atoms with Crippen LogP contribution in [0.5, 0.6) is 0 Å². The molecule has 0 aliphatic rings. The van der Waals surface area contributed by atoms with Gasteiger partial charge in [-0.05, 0) is 37.3 Å². The topological polar surface area (TPSA) is 42.2 Å². The van der Waals surface area contributed by atoms with Crippen LogP contribution < -0.4 is 5.32 Å². The standard InChI is InChI=1S/C14H13F2NO2S/c1-9(13-3-2-6-19-13)17-14(18)8-20-10-4-5-11(15)12(16)7-10/h2-7,9H,8H2,1H3,(H,17,18)/t9-/m1/s1. The number of benzene rings is 1. The van der Waals surface area contributed by atoms with Crippen LogP contribution >= 0.6 is 11.8 Å². The second-order valence-electron chi connectivity index (χ2n) is 4.17. The summed E-state index contributed by atoms with van der Waals surface area (Å²) in [5.41, 5.74) is 0. The van der Waals surface area contributed by atoms with E-state index in [1.54, 1.807) is 19.1 Å². The highest BCUT2D eigenvalue weighted by Gasteiger charge is 2.12. The average molecular weight is 297 g/mol. The predicted octanol–water partition coefficient (Wildman–Crippen LogP) is 3.53. The van der Waals surface area contributed by atoms with Crippen molar-refractivity contribution in [3.63, 3.8) is 0 Å². The van der Waals surface area contributed by atoms with E-state index in [2.05, 4.69) is 5.32 Å². The van der Waals surface area contributed by atoms with E-state index >= 15 is 0 Å². The highest BCUT2D eigenvalue weighted by atomic mass is 32.2. The Morgan fingerprint density at radius 2 is 2.15 bits per heavy atom. The molecule has 6 heteroatoms. The van der Waals surface area contributed by atoms with E-state index in [1.807, 2.05) is 0 Å². The number of halogens is 2. The van der Waals surface area contributed by atoms with Crippen LogP contribution in [0.25, 0.3) is 0 Å². The van der Waals surface area contributed by atoms with Crippen LogP contribution in [0.3, 0.4) is 0 Å². The summed E-state index contributed by atoms with van der Waals surface area (Å²) in [5, 5.41) is 2.76. The summed E-state index contributed by atoms with van der Waals surface area (Å²) in [6, 6.07) is 6.83. The fourth-order valence-corrected chi connectivity index (χ4v) is 2.34. The monoisotopic (exact) mass is 297 g/mol. The minimum absolute atomic E-state index is 0.121. The molecule has 0 saturated carbocycles. The molecule has 3 nitrogen and oxygen atoms in total.